The number of carbonyl (C=O) groups is 2. The zero-order valence-electron chi connectivity index (χ0n) is 23.4. The Morgan fingerprint density at radius 1 is 1.03 bits per heavy atom. The Hall–Kier alpha value is -2.70. The highest BCUT2D eigenvalue weighted by Crippen LogP contribution is 2.29. The summed E-state index contributed by atoms with van der Waals surface area (Å²) in [6, 6.07) is 17.8. The second-order valence-corrected chi connectivity index (χ2v) is 11.9. The van der Waals surface area contributed by atoms with Crippen LogP contribution in [0.1, 0.15) is 67.4 Å². The summed E-state index contributed by atoms with van der Waals surface area (Å²) < 4.78 is 0. The molecule has 0 radical (unpaired) electrons. The van der Waals surface area contributed by atoms with Gasteiger partial charge in [-0.3, -0.25) is 14.5 Å². The minimum atomic E-state index is -0.465. The molecule has 2 amide bonds. The molecule has 1 saturated heterocycles. The smallest absolute Gasteiger partial charge is 0.254 e. The Labute approximate surface area is 229 Å². The second kappa shape index (κ2) is 13.4. The molecule has 1 heterocycles. The fourth-order valence-electron chi connectivity index (χ4n) is 6.21. The lowest BCUT2D eigenvalue weighted by Crippen LogP contribution is -2.47. The summed E-state index contributed by atoms with van der Waals surface area (Å²) in [6.45, 7) is 10.2. The van der Waals surface area contributed by atoms with E-state index < -0.39 is 6.04 Å². The lowest BCUT2D eigenvalue weighted by Gasteiger charge is -2.30. The number of nitrogens with zero attached hydrogens (tertiary/aromatic N) is 2. The summed E-state index contributed by atoms with van der Waals surface area (Å²) >= 11 is 0. The van der Waals surface area contributed by atoms with Crippen molar-refractivity contribution in [2.24, 2.45) is 23.5 Å². The Kier molecular flexibility index (Phi) is 9.97. The molecular weight excluding hydrogens is 472 g/mol. The van der Waals surface area contributed by atoms with Crippen molar-refractivity contribution in [1.82, 2.24) is 15.1 Å². The summed E-state index contributed by atoms with van der Waals surface area (Å²) in [5.74, 6) is 1.43. The van der Waals surface area contributed by atoms with Crippen LogP contribution in [0.25, 0.3) is 0 Å². The molecule has 1 aliphatic heterocycles. The van der Waals surface area contributed by atoms with E-state index in [0.717, 1.165) is 38.0 Å². The Balaban J connectivity index is 1.51. The van der Waals surface area contributed by atoms with Crippen molar-refractivity contribution >= 4 is 11.8 Å². The van der Waals surface area contributed by atoms with Crippen molar-refractivity contribution in [3.63, 3.8) is 0 Å². The summed E-state index contributed by atoms with van der Waals surface area (Å²) in [7, 11) is 0. The van der Waals surface area contributed by atoms with E-state index in [0.29, 0.717) is 42.8 Å². The number of amides is 2. The first kappa shape index (κ1) is 28.3. The predicted octanol–water partition coefficient (Wildman–Crippen LogP) is 4.62. The molecular formula is C32H46N4O2. The number of carbonyl (C=O) groups excluding carboxylic acids is 2. The van der Waals surface area contributed by atoms with Crippen LogP contribution in [0.15, 0.2) is 54.6 Å². The number of benzene rings is 2. The average Bonchev–Trinajstić information content (AvgIpc) is 3.37. The monoisotopic (exact) mass is 518 g/mol. The van der Waals surface area contributed by atoms with Crippen molar-refractivity contribution in [3.05, 3.63) is 71.3 Å². The van der Waals surface area contributed by atoms with Crippen molar-refractivity contribution in [2.45, 2.75) is 71.5 Å². The highest BCUT2D eigenvalue weighted by atomic mass is 16.2. The topological polar surface area (TPSA) is 78.7 Å². The zero-order chi connectivity index (χ0) is 27.1. The van der Waals surface area contributed by atoms with E-state index in [4.69, 9.17) is 5.73 Å². The van der Waals surface area contributed by atoms with Crippen molar-refractivity contribution in [1.29, 1.82) is 0 Å². The van der Waals surface area contributed by atoms with Crippen LogP contribution in [0.2, 0.25) is 0 Å². The first-order chi connectivity index (χ1) is 18.3. The van der Waals surface area contributed by atoms with Gasteiger partial charge in [-0.25, -0.2) is 0 Å². The molecule has 4 rings (SSSR count). The van der Waals surface area contributed by atoms with E-state index in [1.165, 1.54) is 18.4 Å². The van der Waals surface area contributed by atoms with Crippen LogP contribution in [0, 0.1) is 24.7 Å². The van der Waals surface area contributed by atoms with Crippen LogP contribution in [0.5, 0.6) is 0 Å². The molecule has 0 aromatic heterocycles. The average molecular weight is 519 g/mol. The van der Waals surface area contributed by atoms with Gasteiger partial charge in [-0.1, -0.05) is 68.3 Å². The highest BCUT2D eigenvalue weighted by molar-refractivity contribution is 5.98. The number of likely N-dealkylation sites (tertiary alicyclic amines) is 1. The van der Waals surface area contributed by atoms with Gasteiger partial charge in [-0.15, -0.1) is 0 Å². The van der Waals surface area contributed by atoms with Crippen molar-refractivity contribution in [2.75, 3.05) is 26.2 Å². The van der Waals surface area contributed by atoms with Gasteiger partial charge in [0.15, 0.2) is 0 Å². The molecule has 6 nitrogen and oxygen atoms in total. The van der Waals surface area contributed by atoms with Crippen molar-refractivity contribution in [3.8, 4) is 0 Å². The normalized spacial score (nSPS) is 23.7. The van der Waals surface area contributed by atoms with E-state index >= 15 is 0 Å². The second-order valence-electron chi connectivity index (χ2n) is 11.9. The molecule has 0 bridgehead atoms. The third-order valence-electron chi connectivity index (χ3n) is 8.28. The zero-order valence-corrected chi connectivity index (χ0v) is 23.4. The van der Waals surface area contributed by atoms with Gasteiger partial charge in [0.25, 0.3) is 5.91 Å². The number of hydrogen-bond acceptors (Lipinski definition) is 4. The minimum absolute atomic E-state index is 0.0213. The molecule has 0 spiro atoms. The van der Waals surface area contributed by atoms with Crippen molar-refractivity contribution < 1.29 is 9.59 Å². The largest absolute Gasteiger partial charge is 0.354 e. The van der Waals surface area contributed by atoms with Crippen LogP contribution in [0.4, 0.5) is 0 Å². The molecule has 1 aliphatic carbocycles. The third-order valence-corrected chi connectivity index (χ3v) is 8.28. The lowest BCUT2D eigenvalue weighted by atomic mass is 9.81. The van der Waals surface area contributed by atoms with Gasteiger partial charge < -0.3 is 16.0 Å². The number of hydrogen-bond donors (Lipinski definition) is 2. The summed E-state index contributed by atoms with van der Waals surface area (Å²) in [5.41, 5.74) is 8.95. The quantitative estimate of drug-likeness (QED) is 0.481. The van der Waals surface area contributed by atoms with Crippen LogP contribution >= 0.6 is 0 Å². The number of nitrogens with one attached hydrogen (secondary N) is 1. The van der Waals surface area contributed by atoms with Gasteiger partial charge in [0.1, 0.15) is 6.04 Å². The maximum absolute atomic E-state index is 13.7. The summed E-state index contributed by atoms with van der Waals surface area (Å²) in [5, 5.41) is 3.24. The Morgan fingerprint density at radius 3 is 2.42 bits per heavy atom. The van der Waals surface area contributed by atoms with Gasteiger partial charge in [-0.05, 0) is 74.6 Å². The summed E-state index contributed by atoms with van der Waals surface area (Å²) in [4.78, 5) is 31.7. The molecule has 2 fully saturated rings. The van der Waals surface area contributed by atoms with Gasteiger partial charge in [0, 0.05) is 37.8 Å². The third kappa shape index (κ3) is 7.45. The molecule has 38 heavy (non-hydrogen) atoms. The van der Waals surface area contributed by atoms with Crippen LogP contribution in [-0.2, 0) is 11.3 Å². The van der Waals surface area contributed by atoms with E-state index in [-0.39, 0.29) is 17.9 Å². The van der Waals surface area contributed by atoms with Gasteiger partial charge in [-0.2, -0.15) is 0 Å². The SMILES string of the molecule is Cc1ccc(C(=O)N2CC(N(Cc3ccccc3)CC(C)C)CC2C(=O)NCC2CCCC(CN)C2)cc1. The van der Waals surface area contributed by atoms with Crippen LogP contribution < -0.4 is 11.1 Å². The Morgan fingerprint density at radius 2 is 1.74 bits per heavy atom. The maximum Gasteiger partial charge on any atom is 0.254 e. The van der Waals surface area contributed by atoms with Gasteiger partial charge in [0.2, 0.25) is 5.91 Å². The minimum Gasteiger partial charge on any atom is -0.354 e. The molecule has 2 aromatic carbocycles. The fraction of sp³-hybridized carbons (Fsp3) is 0.562. The molecule has 6 heteroatoms. The van der Waals surface area contributed by atoms with E-state index in [9.17, 15) is 9.59 Å². The fourth-order valence-corrected chi connectivity index (χ4v) is 6.21. The molecule has 206 valence electrons. The number of aryl methyl sites for hydroxylation is 1. The molecule has 4 unspecified atom stereocenters. The Bertz CT molecular complexity index is 1040. The molecule has 4 atom stereocenters. The van der Waals surface area contributed by atoms with E-state index in [2.05, 4.69) is 48.3 Å². The maximum atomic E-state index is 13.7. The first-order valence-corrected chi connectivity index (χ1v) is 14.5. The van der Waals surface area contributed by atoms with Crippen LogP contribution in [-0.4, -0.2) is 59.9 Å². The van der Waals surface area contributed by atoms with Gasteiger partial charge in [0.05, 0.1) is 0 Å². The standard InChI is InChI=1S/C32H46N4O2/c1-23(2)20-35(21-25-8-5-4-6-9-25)29-17-30(31(37)34-19-27-11-7-10-26(16-27)18-33)36(22-29)32(38)28-14-12-24(3)13-15-28/h4-6,8-9,12-15,23,26-27,29-30H,7,10-11,16-22,33H2,1-3H3,(H,34,37). The number of nitrogens with two attached hydrogens (primary N) is 1. The number of rotatable bonds is 10. The molecule has 3 N–H and O–H groups in total. The van der Waals surface area contributed by atoms with E-state index in [1.807, 2.05) is 42.2 Å². The first-order valence-electron chi connectivity index (χ1n) is 14.5. The summed E-state index contributed by atoms with van der Waals surface area (Å²) in [6.07, 6.45) is 5.23. The molecule has 2 aliphatic rings. The predicted molar refractivity (Wildman–Crippen MR) is 154 cm³/mol. The highest BCUT2D eigenvalue weighted by Gasteiger charge is 2.42. The van der Waals surface area contributed by atoms with Gasteiger partial charge >= 0.3 is 0 Å². The molecule has 2 aromatic rings. The lowest BCUT2D eigenvalue weighted by molar-refractivity contribution is -0.125. The molecule has 1 saturated carbocycles. The van der Waals surface area contributed by atoms with E-state index in [1.54, 1.807) is 0 Å². The van der Waals surface area contributed by atoms with Crippen LogP contribution in [0.3, 0.4) is 0 Å².